The number of hydrogen-bond donors (Lipinski definition) is 1. The average Bonchev–Trinajstić information content (AvgIpc) is 2.92. The van der Waals surface area contributed by atoms with Crippen molar-refractivity contribution in [2.24, 2.45) is 0 Å². The number of aliphatic hydroxyl groups is 1. The van der Waals surface area contributed by atoms with Crippen LogP contribution in [0, 0.1) is 0 Å². The van der Waals surface area contributed by atoms with Crippen molar-refractivity contribution in [3.63, 3.8) is 0 Å². The van der Waals surface area contributed by atoms with Crippen LogP contribution in [0.3, 0.4) is 0 Å². The number of amides is 1. The monoisotopic (exact) mass is 363 g/mol. The fourth-order valence-electron chi connectivity index (χ4n) is 3.22. The second-order valence-corrected chi connectivity index (χ2v) is 7.93. The van der Waals surface area contributed by atoms with Gasteiger partial charge in [-0.3, -0.25) is 4.90 Å². The van der Waals surface area contributed by atoms with E-state index in [0.29, 0.717) is 19.6 Å². The number of ether oxygens (including phenoxy) is 2. The molecule has 1 unspecified atom stereocenters. The summed E-state index contributed by atoms with van der Waals surface area (Å²) in [5.41, 5.74) is 1.38. The van der Waals surface area contributed by atoms with E-state index in [4.69, 9.17) is 9.47 Å². The lowest BCUT2D eigenvalue weighted by atomic mass is 9.98. The standard InChI is InChI=1S/C21H33NO4/c1-5-6-7-8-13-25-17-9-10-19-18(14-17)16(11-12-23)15-22(19)20(24)26-21(2,3)4/h9-10,14,16,23H,5-8,11-13,15H2,1-4H3. The number of benzene rings is 1. The molecule has 146 valence electrons. The number of fused-ring (bicyclic) bond motifs is 1. The molecule has 1 amide bonds. The Morgan fingerprint density at radius 3 is 2.69 bits per heavy atom. The molecular weight excluding hydrogens is 330 g/mol. The third-order valence-electron chi connectivity index (χ3n) is 4.49. The Labute approximate surface area is 157 Å². The summed E-state index contributed by atoms with van der Waals surface area (Å²) in [7, 11) is 0. The molecule has 2 rings (SSSR count). The van der Waals surface area contributed by atoms with Crippen molar-refractivity contribution >= 4 is 11.8 Å². The Bertz CT molecular complexity index is 594. The summed E-state index contributed by atoms with van der Waals surface area (Å²) in [6.07, 6.45) is 4.95. The normalized spacial score (nSPS) is 16.5. The second kappa shape index (κ2) is 9.26. The molecule has 1 heterocycles. The van der Waals surface area contributed by atoms with E-state index in [0.717, 1.165) is 23.4 Å². The van der Waals surface area contributed by atoms with E-state index in [-0.39, 0.29) is 18.6 Å². The zero-order valence-corrected chi connectivity index (χ0v) is 16.6. The van der Waals surface area contributed by atoms with Gasteiger partial charge in [-0.25, -0.2) is 4.79 Å². The summed E-state index contributed by atoms with van der Waals surface area (Å²) in [5, 5.41) is 9.39. The van der Waals surface area contributed by atoms with E-state index in [9.17, 15) is 9.90 Å². The predicted octanol–water partition coefficient (Wildman–Crippen LogP) is 4.87. The molecule has 26 heavy (non-hydrogen) atoms. The Morgan fingerprint density at radius 2 is 2.04 bits per heavy atom. The van der Waals surface area contributed by atoms with Gasteiger partial charge in [0.15, 0.2) is 0 Å². The van der Waals surface area contributed by atoms with Gasteiger partial charge in [0.25, 0.3) is 0 Å². The zero-order valence-electron chi connectivity index (χ0n) is 16.6. The Morgan fingerprint density at radius 1 is 1.27 bits per heavy atom. The van der Waals surface area contributed by atoms with E-state index < -0.39 is 5.60 Å². The van der Waals surface area contributed by atoms with Gasteiger partial charge in [-0.2, -0.15) is 0 Å². The summed E-state index contributed by atoms with van der Waals surface area (Å²) in [6, 6.07) is 5.86. The molecule has 0 spiro atoms. The van der Waals surface area contributed by atoms with E-state index in [1.54, 1.807) is 4.90 Å². The van der Waals surface area contributed by atoms with Crippen molar-refractivity contribution in [3.8, 4) is 5.75 Å². The maximum Gasteiger partial charge on any atom is 0.414 e. The molecule has 1 aromatic carbocycles. The van der Waals surface area contributed by atoms with Gasteiger partial charge in [-0.15, -0.1) is 0 Å². The molecule has 0 aromatic heterocycles. The van der Waals surface area contributed by atoms with Crippen molar-refractivity contribution in [1.29, 1.82) is 0 Å². The summed E-state index contributed by atoms with van der Waals surface area (Å²) in [4.78, 5) is 14.2. The van der Waals surface area contributed by atoms with Gasteiger partial charge in [0, 0.05) is 19.1 Å². The highest BCUT2D eigenvalue weighted by Crippen LogP contribution is 2.40. The van der Waals surface area contributed by atoms with Crippen LogP contribution in [0.25, 0.3) is 0 Å². The molecule has 1 atom stereocenters. The van der Waals surface area contributed by atoms with Gasteiger partial charge >= 0.3 is 6.09 Å². The first-order chi connectivity index (χ1) is 12.4. The highest BCUT2D eigenvalue weighted by molar-refractivity contribution is 5.91. The molecule has 5 heteroatoms. The molecule has 1 aromatic rings. The predicted molar refractivity (Wildman–Crippen MR) is 104 cm³/mol. The van der Waals surface area contributed by atoms with E-state index in [2.05, 4.69) is 6.92 Å². The van der Waals surface area contributed by atoms with Gasteiger partial charge in [-0.1, -0.05) is 26.2 Å². The number of aliphatic hydroxyl groups excluding tert-OH is 1. The van der Waals surface area contributed by atoms with Crippen LogP contribution in [-0.2, 0) is 4.74 Å². The minimum absolute atomic E-state index is 0.0916. The number of carbonyl (C=O) groups excluding carboxylic acids is 1. The number of rotatable bonds is 8. The smallest absolute Gasteiger partial charge is 0.414 e. The summed E-state index contributed by atoms with van der Waals surface area (Å²) >= 11 is 0. The molecule has 0 aliphatic carbocycles. The minimum Gasteiger partial charge on any atom is -0.494 e. The largest absolute Gasteiger partial charge is 0.494 e. The summed E-state index contributed by atoms with van der Waals surface area (Å²) in [6.45, 7) is 9.12. The van der Waals surface area contributed by atoms with Crippen molar-refractivity contribution in [3.05, 3.63) is 23.8 Å². The summed E-state index contributed by atoms with van der Waals surface area (Å²) < 4.78 is 11.4. The lowest BCUT2D eigenvalue weighted by Crippen LogP contribution is -2.36. The second-order valence-electron chi connectivity index (χ2n) is 7.93. The van der Waals surface area contributed by atoms with Gasteiger partial charge < -0.3 is 14.6 Å². The van der Waals surface area contributed by atoms with Gasteiger partial charge in [0.2, 0.25) is 0 Å². The van der Waals surface area contributed by atoms with Crippen LogP contribution in [0.15, 0.2) is 18.2 Å². The minimum atomic E-state index is -0.534. The molecule has 0 fully saturated rings. The zero-order chi connectivity index (χ0) is 19.2. The van der Waals surface area contributed by atoms with Crippen molar-refractivity contribution in [1.82, 2.24) is 0 Å². The topological polar surface area (TPSA) is 59.0 Å². The van der Waals surface area contributed by atoms with Crippen molar-refractivity contribution in [2.45, 2.75) is 71.3 Å². The lowest BCUT2D eigenvalue weighted by Gasteiger charge is -2.25. The number of carbonyl (C=O) groups is 1. The van der Waals surface area contributed by atoms with Crippen LogP contribution in [0.2, 0.25) is 0 Å². The number of unbranched alkanes of at least 4 members (excludes halogenated alkanes) is 3. The lowest BCUT2D eigenvalue weighted by molar-refractivity contribution is 0.0581. The molecule has 0 saturated carbocycles. The Kier molecular flexibility index (Phi) is 7.33. The first-order valence-corrected chi connectivity index (χ1v) is 9.74. The van der Waals surface area contributed by atoms with Crippen LogP contribution < -0.4 is 9.64 Å². The van der Waals surface area contributed by atoms with Crippen LogP contribution >= 0.6 is 0 Å². The van der Waals surface area contributed by atoms with Gasteiger partial charge in [0.05, 0.1) is 12.3 Å². The first kappa shape index (κ1) is 20.6. The molecule has 0 saturated heterocycles. The number of nitrogens with zero attached hydrogens (tertiary/aromatic N) is 1. The molecular formula is C21H33NO4. The van der Waals surface area contributed by atoms with Crippen LogP contribution in [-0.4, -0.2) is 36.6 Å². The van der Waals surface area contributed by atoms with Crippen molar-refractivity contribution < 1.29 is 19.4 Å². The fourth-order valence-corrected chi connectivity index (χ4v) is 3.22. The first-order valence-electron chi connectivity index (χ1n) is 9.74. The van der Waals surface area contributed by atoms with Crippen LogP contribution in [0.4, 0.5) is 10.5 Å². The van der Waals surface area contributed by atoms with Gasteiger partial charge in [-0.05, 0) is 57.4 Å². The highest BCUT2D eigenvalue weighted by Gasteiger charge is 2.34. The maximum absolute atomic E-state index is 12.5. The van der Waals surface area contributed by atoms with Crippen LogP contribution in [0.5, 0.6) is 5.75 Å². The average molecular weight is 363 g/mol. The maximum atomic E-state index is 12.5. The quantitative estimate of drug-likeness (QED) is 0.670. The Hall–Kier alpha value is -1.75. The third-order valence-corrected chi connectivity index (χ3v) is 4.49. The summed E-state index contributed by atoms with van der Waals surface area (Å²) in [5.74, 6) is 0.931. The third kappa shape index (κ3) is 5.63. The SMILES string of the molecule is CCCCCCOc1ccc2c(c1)C(CCO)CN2C(=O)OC(C)(C)C. The number of hydrogen-bond acceptors (Lipinski definition) is 4. The highest BCUT2D eigenvalue weighted by atomic mass is 16.6. The molecule has 1 aliphatic rings. The Balaban J connectivity index is 2.10. The molecule has 5 nitrogen and oxygen atoms in total. The molecule has 0 bridgehead atoms. The fraction of sp³-hybridized carbons (Fsp3) is 0.667. The molecule has 0 radical (unpaired) electrons. The number of anilines is 1. The van der Waals surface area contributed by atoms with Gasteiger partial charge in [0.1, 0.15) is 11.4 Å². The molecule has 1 aliphatic heterocycles. The van der Waals surface area contributed by atoms with E-state index in [1.807, 2.05) is 39.0 Å². The molecule has 1 N–H and O–H groups in total. The van der Waals surface area contributed by atoms with E-state index in [1.165, 1.54) is 19.3 Å². The van der Waals surface area contributed by atoms with E-state index >= 15 is 0 Å². The van der Waals surface area contributed by atoms with Crippen LogP contribution in [0.1, 0.15) is 71.3 Å². The van der Waals surface area contributed by atoms with Crippen molar-refractivity contribution in [2.75, 3.05) is 24.7 Å².